The van der Waals surface area contributed by atoms with E-state index in [0.29, 0.717) is 5.03 Å². The monoisotopic (exact) mass is 355 g/mol. The third kappa shape index (κ3) is 2.66. The molecule has 0 saturated carbocycles. The molecular formula is C14H17N3O4S2. The van der Waals surface area contributed by atoms with E-state index in [1.807, 2.05) is 0 Å². The molecule has 1 amide bonds. The third-order valence-corrected chi connectivity index (χ3v) is 6.09. The number of rotatable bonds is 6. The number of fused-ring (bicyclic) bond motifs is 1. The van der Waals surface area contributed by atoms with Crippen molar-refractivity contribution in [2.45, 2.75) is 31.1 Å². The van der Waals surface area contributed by atoms with Crippen LogP contribution in [0.2, 0.25) is 0 Å². The van der Waals surface area contributed by atoms with Gasteiger partial charge in [0.05, 0.1) is 24.0 Å². The maximum absolute atomic E-state index is 12.1. The van der Waals surface area contributed by atoms with Crippen LogP contribution in [0.3, 0.4) is 0 Å². The van der Waals surface area contributed by atoms with Gasteiger partial charge in [0.25, 0.3) is 0 Å². The first-order chi connectivity index (χ1) is 11.0. The average Bonchev–Trinajstić information content (AvgIpc) is 3.06. The van der Waals surface area contributed by atoms with Crippen molar-refractivity contribution in [3.05, 3.63) is 23.9 Å². The van der Waals surface area contributed by atoms with Gasteiger partial charge in [0.15, 0.2) is 5.70 Å². The molecule has 3 rings (SSSR count). The lowest BCUT2D eigenvalue weighted by Gasteiger charge is -2.43. The van der Waals surface area contributed by atoms with Gasteiger partial charge in [-0.15, -0.1) is 0 Å². The number of carbonyl (C=O) groups is 2. The summed E-state index contributed by atoms with van der Waals surface area (Å²) in [5.74, 6) is -0.319. The van der Waals surface area contributed by atoms with Crippen LogP contribution >= 0.6 is 23.5 Å². The Labute approximate surface area is 141 Å². The van der Waals surface area contributed by atoms with Crippen LogP contribution in [0, 0.1) is 5.92 Å². The number of hydrogen-bond donors (Lipinski definition) is 2. The predicted molar refractivity (Wildman–Crippen MR) is 88.3 cm³/mol. The van der Waals surface area contributed by atoms with E-state index in [1.165, 1.54) is 16.7 Å². The fraction of sp³-hybridized carbons (Fsp3) is 0.500. The molecule has 2 aliphatic heterocycles. The molecule has 2 aliphatic rings. The molecule has 1 aromatic rings. The largest absolute Gasteiger partial charge is 0.476 e. The van der Waals surface area contributed by atoms with Crippen LogP contribution in [-0.2, 0) is 15.3 Å². The Hall–Kier alpha value is -1.45. The Morgan fingerprint density at radius 2 is 2.30 bits per heavy atom. The molecule has 0 radical (unpaired) electrons. The lowest BCUT2D eigenvalue weighted by molar-refractivity contribution is -0.156. The van der Waals surface area contributed by atoms with E-state index in [-0.39, 0.29) is 17.0 Å². The summed E-state index contributed by atoms with van der Waals surface area (Å²) in [6.45, 7) is 3.61. The molecule has 124 valence electrons. The third-order valence-electron chi connectivity index (χ3n) is 3.81. The summed E-state index contributed by atoms with van der Waals surface area (Å²) in [6.07, 6.45) is 2.57. The van der Waals surface area contributed by atoms with Crippen LogP contribution in [0.1, 0.15) is 19.5 Å². The fourth-order valence-corrected chi connectivity index (χ4v) is 4.82. The molecular weight excluding hydrogens is 338 g/mol. The molecule has 9 heteroatoms. The number of hydrogen-bond acceptors (Lipinski definition) is 6. The minimum absolute atomic E-state index is 0.0333. The molecule has 1 saturated heterocycles. The lowest BCUT2D eigenvalue weighted by atomic mass is 9.92. The second kappa shape index (κ2) is 6.21. The molecule has 23 heavy (non-hydrogen) atoms. The second-order valence-electron chi connectivity index (χ2n) is 5.35. The van der Waals surface area contributed by atoms with Crippen LogP contribution in [0.5, 0.6) is 0 Å². The molecule has 3 heterocycles. The number of imidazole rings is 1. The number of aliphatic hydroxyl groups excluding tert-OH is 1. The van der Waals surface area contributed by atoms with E-state index >= 15 is 0 Å². The van der Waals surface area contributed by atoms with E-state index in [9.17, 15) is 19.8 Å². The molecule has 7 nitrogen and oxygen atoms in total. The van der Waals surface area contributed by atoms with Gasteiger partial charge in [0.2, 0.25) is 5.91 Å². The number of aliphatic hydroxyl groups is 1. The van der Waals surface area contributed by atoms with Gasteiger partial charge in [-0.2, -0.15) is 11.8 Å². The number of β-lactam (4-membered cyclic amide) rings is 1. The number of carboxylic acid groups (broad SMARTS) is 1. The number of aromatic nitrogens is 2. The van der Waals surface area contributed by atoms with Crippen LogP contribution < -0.4 is 0 Å². The van der Waals surface area contributed by atoms with Crippen molar-refractivity contribution < 1.29 is 19.8 Å². The van der Waals surface area contributed by atoms with Gasteiger partial charge in [-0.25, -0.2) is 9.78 Å². The van der Waals surface area contributed by atoms with Gasteiger partial charge >= 0.3 is 5.97 Å². The zero-order chi connectivity index (χ0) is 16.7. The minimum atomic E-state index is -1.15. The topological polar surface area (TPSA) is 95.7 Å². The fourth-order valence-electron chi connectivity index (χ4n) is 2.70. The van der Waals surface area contributed by atoms with Gasteiger partial charge in [0.1, 0.15) is 10.4 Å². The number of thioether (sulfide) groups is 2. The maximum Gasteiger partial charge on any atom is 0.355 e. The molecule has 1 aromatic heterocycles. The zero-order valence-corrected chi connectivity index (χ0v) is 14.3. The van der Waals surface area contributed by atoms with Crippen molar-refractivity contribution in [2.24, 2.45) is 5.92 Å². The molecule has 0 unspecified atom stereocenters. The molecule has 0 spiro atoms. The zero-order valence-electron chi connectivity index (χ0n) is 12.7. The first-order valence-corrected chi connectivity index (χ1v) is 9.25. The van der Waals surface area contributed by atoms with Crippen LogP contribution in [0.15, 0.2) is 18.2 Å². The van der Waals surface area contributed by atoms with Crippen molar-refractivity contribution in [3.63, 3.8) is 0 Å². The van der Waals surface area contributed by atoms with Crippen molar-refractivity contribution in [2.75, 3.05) is 5.75 Å². The molecule has 0 aliphatic carbocycles. The Morgan fingerprint density at radius 3 is 2.91 bits per heavy atom. The number of amides is 1. The average molecular weight is 355 g/mol. The van der Waals surface area contributed by atoms with Gasteiger partial charge in [0, 0.05) is 11.9 Å². The van der Waals surface area contributed by atoms with Gasteiger partial charge in [-0.3, -0.25) is 14.3 Å². The number of aliphatic carboxylic acids is 1. The predicted octanol–water partition coefficient (Wildman–Crippen LogP) is 1.26. The van der Waals surface area contributed by atoms with E-state index < -0.39 is 18.0 Å². The van der Waals surface area contributed by atoms with Crippen molar-refractivity contribution >= 4 is 40.4 Å². The quantitative estimate of drug-likeness (QED) is 0.742. The molecule has 1 fully saturated rings. The highest BCUT2D eigenvalue weighted by Crippen LogP contribution is 2.51. The summed E-state index contributed by atoms with van der Waals surface area (Å²) in [5, 5.41) is 19.3. The van der Waals surface area contributed by atoms with Gasteiger partial charge in [-0.1, -0.05) is 18.7 Å². The van der Waals surface area contributed by atoms with Crippen LogP contribution in [0.25, 0.3) is 5.03 Å². The highest BCUT2D eigenvalue weighted by Gasteiger charge is 2.58. The Morgan fingerprint density at radius 1 is 1.57 bits per heavy atom. The molecule has 3 atom stereocenters. The van der Waals surface area contributed by atoms with Gasteiger partial charge in [-0.05, 0) is 12.7 Å². The normalized spacial score (nSPS) is 24.7. The summed E-state index contributed by atoms with van der Waals surface area (Å²) in [5.41, 5.74) is 0.830. The van der Waals surface area contributed by atoms with E-state index in [4.69, 9.17) is 0 Å². The molecule has 0 bridgehead atoms. The first-order valence-electron chi connectivity index (χ1n) is 7.22. The van der Waals surface area contributed by atoms with E-state index in [2.05, 4.69) is 11.9 Å². The molecule has 0 aromatic carbocycles. The van der Waals surface area contributed by atoms with E-state index in [1.54, 1.807) is 35.8 Å². The first kappa shape index (κ1) is 16.4. The Balaban J connectivity index is 1.90. The van der Waals surface area contributed by atoms with Crippen LogP contribution in [0.4, 0.5) is 0 Å². The number of carboxylic acids is 1. The van der Waals surface area contributed by atoms with Crippen molar-refractivity contribution in [1.29, 1.82) is 0 Å². The molecule has 2 N–H and O–H groups in total. The number of carbonyl (C=O) groups excluding carboxylic acids is 1. The standard InChI is InChI=1S/C14H17N3O4S2/c1-3-22-5-8-4-16(6-15-8)13-10(14(20)21)17-11(19)9(7(2)18)12(17)23-13/h4,6-7,9,12,18H,3,5H2,1-2H3,(H,20,21)/t7-,9+,12-/m1/s1. The summed E-state index contributed by atoms with van der Waals surface area (Å²) < 4.78 is 1.66. The minimum Gasteiger partial charge on any atom is -0.476 e. The maximum atomic E-state index is 12.1. The lowest BCUT2D eigenvalue weighted by Crippen LogP contribution is -2.60. The van der Waals surface area contributed by atoms with Crippen molar-refractivity contribution in [3.8, 4) is 0 Å². The van der Waals surface area contributed by atoms with Gasteiger partial charge < -0.3 is 10.2 Å². The Bertz CT molecular complexity index is 685. The van der Waals surface area contributed by atoms with Crippen LogP contribution in [-0.4, -0.2) is 53.8 Å². The summed E-state index contributed by atoms with van der Waals surface area (Å²) >= 11 is 3.02. The SMILES string of the molecule is CCSCc1cn(C2=C(C(=O)O)N3C(=O)[C@H]([C@@H](C)O)[C@H]3S2)cn1. The van der Waals surface area contributed by atoms with E-state index in [0.717, 1.165) is 17.2 Å². The smallest absolute Gasteiger partial charge is 0.355 e. The summed E-state index contributed by atoms with van der Waals surface area (Å²) in [7, 11) is 0. The van der Waals surface area contributed by atoms with Crippen molar-refractivity contribution in [1.82, 2.24) is 14.5 Å². The second-order valence-corrected chi connectivity index (χ2v) is 7.73. The number of nitrogens with zero attached hydrogens (tertiary/aromatic N) is 3. The Kier molecular flexibility index (Phi) is 4.43. The highest BCUT2D eigenvalue weighted by atomic mass is 32.2. The summed E-state index contributed by atoms with van der Waals surface area (Å²) in [4.78, 5) is 29.3. The summed E-state index contributed by atoms with van der Waals surface area (Å²) in [6, 6.07) is 0. The highest BCUT2D eigenvalue weighted by molar-refractivity contribution is 8.08.